The molecule has 6 heteroatoms. The Hall–Kier alpha value is -0.270. The normalized spacial score (nSPS) is 10.6. The number of halogens is 3. The largest absolute Gasteiger partial charge is 0.207 e. The molecular weight excluding hydrogens is 350 g/mol. The van der Waals surface area contributed by atoms with Crippen molar-refractivity contribution >= 4 is 45.5 Å². The van der Waals surface area contributed by atoms with Crippen LogP contribution in [0.1, 0.15) is 10.6 Å². The van der Waals surface area contributed by atoms with Crippen LogP contribution in [-0.4, -0.2) is 10.2 Å². The maximum absolute atomic E-state index is 13.4. The van der Waals surface area contributed by atoms with Crippen LogP contribution >= 0.6 is 45.5 Å². The van der Waals surface area contributed by atoms with Gasteiger partial charge in [0.25, 0.3) is 0 Å². The van der Waals surface area contributed by atoms with Crippen LogP contribution in [0.2, 0.25) is 5.02 Å². The second-order valence-electron chi connectivity index (χ2n) is 2.83. The smallest absolute Gasteiger partial charge is 0.178 e. The van der Waals surface area contributed by atoms with E-state index in [-0.39, 0.29) is 5.82 Å². The Labute approximate surface area is 109 Å². The third-order valence-electron chi connectivity index (χ3n) is 1.83. The van der Waals surface area contributed by atoms with E-state index < -0.39 is 0 Å². The molecule has 0 aliphatic heterocycles. The zero-order valence-electron chi connectivity index (χ0n) is 7.38. The lowest BCUT2D eigenvalue weighted by Gasteiger charge is -2.02. The van der Waals surface area contributed by atoms with Crippen LogP contribution in [0.3, 0.4) is 0 Å². The van der Waals surface area contributed by atoms with Gasteiger partial charge in [0.2, 0.25) is 0 Å². The number of benzene rings is 1. The molecule has 0 aliphatic carbocycles. The van der Waals surface area contributed by atoms with Crippen molar-refractivity contribution in [2.75, 3.05) is 0 Å². The van der Waals surface area contributed by atoms with E-state index in [0.29, 0.717) is 17.0 Å². The van der Waals surface area contributed by atoms with Gasteiger partial charge in [-0.15, -0.1) is 10.2 Å². The zero-order valence-corrected chi connectivity index (χ0v) is 11.1. The predicted octanol–water partition coefficient (Wildman–Crippen LogP) is 3.53. The van der Waals surface area contributed by atoms with Crippen molar-refractivity contribution in [3.05, 3.63) is 42.6 Å². The minimum atomic E-state index is -0.298. The van der Waals surface area contributed by atoms with Gasteiger partial charge >= 0.3 is 0 Å². The van der Waals surface area contributed by atoms with Gasteiger partial charge in [0.1, 0.15) is 10.8 Å². The molecule has 2 rings (SSSR count). The number of hydrogen-bond donors (Lipinski definition) is 0. The quantitative estimate of drug-likeness (QED) is 0.771. The first-order valence-corrected chi connectivity index (χ1v) is 6.35. The average Bonchev–Trinajstić information content (AvgIpc) is 2.58. The van der Waals surface area contributed by atoms with Crippen LogP contribution in [0.25, 0.3) is 0 Å². The molecule has 0 saturated heterocycles. The van der Waals surface area contributed by atoms with Crippen molar-refractivity contribution in [3.63, 3.8) is 0 Å². The third-order valence-corrected chi connectivity index (χ3v) is 3.77. The topological polar surface area (TPSA) is 25.8 Å². The Bertz CT molecular complexity index is 468. The van der Waals surface area contributed by atoms with Gasteiger partial charge < -0.3 is 0 Å². The highest BCUT2D eigenvalue weighted by atomic mass is 127. The fourth-order valence-electron chi connectivity index (χ4n) is 1.16. The van der Waals surface area contributed by atoms with E-state index in [1.165, 1.54) is 17.4 Å². The number of aromatic nitrogens is 2. The molecule has 2 aromatic rings. The van der Waals surface area contributed by atoms with E-state index in [1.807, 2.05) is 0 Å². The fraction of sp³-hybridized carbons (Fsp3) is 0.111. The van der Waals surface area contributed by atoms with Crippen molar-refractivity contribution < 1.29 is 4.39 Å². The van der Waals surface area contributed by atoms with Gasteiger partial charge in [0.15, 0.2) is 3.01 Å². The Kier molecular flexibility index (Phi) is 3.53. The van der Waals surface area contributed by atoms with E-state index >= 15 is 0 Å². The second-order valence-corrected chi connectivity index (χ2v) is 6.05. The zero-order chi connectivity index (χ0) is 10.8. The summed E-state index contributed by atoms with van der Waals surface area (Å²) in [6.45, 7) is 0. The van der Waals surface area contributed by atoms with Crippen molar-refractivity contribution in [2.45, 2.75) is 6.42 Å². The third kappa shape index (κ3) is 2.64. The van der Waals surface area contributed by atoms with E-state index in [4.69, 9.17) is 11.6 Å². The first kappa shape index (κ1) is 11.2. The van der Waals surface area contributed by atoms with Crippen LogP contribution in [0, 0.1) is 8.83 Å². The molecule has 0 N–H and O–H groups in total. The van der Waals surface area contributed by atoms with E-state index in [9.17, 15) is 4.39 Å². The van der Waals surface area contributed by atoms with Gasteiger partial charge in [-0.1, -0.05) is 29.0 Å². The van der Waals surface area contributed by atoms with E-state index in [1.54, 1.807) is 12.1 Å². The minimum absolute atomic E-state index is 0.298. The summed E-state index contributed by atoms with van der Waals surface area (Å²) in [7, 11) is 0. The van der Waals surface area contributed by atoms with Gasteiger partial charge in [-0.2, -0.15) is 0 Å². The van der Waals surface area contributed by atoms with Gasteiger partial charge in [-0.05, 0) is 34.7 Å². The number of rotatable bonds is 2. The molecule has 0 amide bonds. The molecule has 0 fully saturated rings. The fourth-order valence-corrected chi connectivity index (χ4v) is 2.83. The van der Waals surface area contributed by atoms with Gasteiger partial charge in [-0.25, -0.2) is 4.39 Å². The molecule has 1 heterocycles. The highest BCUT2D eigenvalue weighted by Crippen LogP contribution is 2.23. The Morgan fingerprint density at radius 1 is 1.40 bits per heavy atom. The minimum Gasteiger partial charge on any atom is -0.207 e. The van der Waals surface area contributed by atoms with Crippen LogP contribution in [0.5, 0.6) is 0 Å². The van der Waals surface area contributed by atoms with Crippen molar-refractivity contribution in [1.82, 2.24) is 10.2 Å². The van der Waals surface area contributed by atoms with Gasteiger partial charge in [-0.3, -0.25) is 0 Å². The molecule has 0 radical (unpaired) electrons. The van der Waals surface area contributed by atoms with Crippen LogP contribution in [0.4, 0.5) is 4.39 Å². The summed E-state index contributed by atoms with van der Waals surface area (Å²) in [6, 6.07) is 4.66. The lowest BCUT2D eigenvalue weighted by atomic mass is 10.1. The van der Waals surface area contributed by atoms with Crippen LogP contribution < -0.4 is 0 Å². The highest BCUT2D eigenvalue weighted by Gasteiger charge is 2.10. The average molecular weight is 355 g/mol. The monoisotopic (exact) mass is 354 g/mol. The molecule has 0 atom stereocenters. The van der Waals surface area contributed by atoms with Gasteiger partial charge in [0, 0.05) is 17.0 Å². The molecule has 2 nitrogen and oxygen atoms in total. The molecule has 0 unspecified atom stereocenters. The maximum atomic E-state index is 13.4. The predicted molar refractivity (Wildman–Crippen MR) is 66.8 cm³/mol. The second kappa shape index (κ2) is 4.71. The molecule has 1 aromatic carbocycles. The summed E-state index contributed by atoms with van der Waals surface area (Å²) in [6.07, 6.45) is 0.395. The van der Waals surface area contributed by atoms with Crippen LogP contribution in [0.15, 0.2) is 18.2 Å². The molecule has 0 aliphatic rings. The first-order valence-electron chi connectivity index (χ1n) is 4.07. The lowest BCUT2D eigenvalue weighted by Crippen LogP contribution is -1.93. The maximum Gasteiger partial charge on any atom is 0.178 e. The summed E-state index contributed by atoms with van der Waals surface area (Å²) in [5.41, 5.74) is 0.478. The van der Waals surface area contributed by atoms with E-state index in [0.717, 1.165) is 8.02 Å². The molecule has 15 heavy (non-hydrogen) atoms. The van der Waals surface area contributed by atoms with Crippen LogP contribution in [-0.2, 0) is 6.42 Å². The van der Waals surface area contributed by atoms with E-state index in [2.05, 4.69) is 32.8 Å². The number of nitrogens with zero attached hydrogens (tertiary/aromatic N) is 2. The summed E-state index contributed by atoms with van der Waals surface area (Å²) < 4.78 is 14.3. The molecule has 0 spiro atoms. The summed E-state index contributed by atoms with van der Waals surface area (Å²) in [4.78, 5) is 0. The Morgan fingerprint density at radius 3 is 2.80 bits per heavy atom. The van der Waals surface area contributed by atoms with Gasteiger partial charge in [0.05, 0.1) is 0 Å². The number of hydrogen-bond acceptors (Lipinski definition) is 3. The molecule has 0 bridgehead atoms. The Morgan fingerprint density at radius 2 is 2.20 bits per heavy atom. The standard InChI is InChI=1S/C9H5ClFIN2S/c10-6-2-1-3-7(11)5(6)4-8-13-14-9(12)15-8/h1-3H,4H2. The van der Waals surface area contributed by atoms with Crippen molar-refractivity contribution in [3.8, 4) is 0 Å². The molecule has 0 saturated carbocycles. The highest BCUT2D eigenvalue weighted by molar-refractivity contribution is 14.1. The summed E-state index contributed by atoms with van der Waals surface area (Å²) in [5, 5.41) is 8.99. The Balaban J connectivity index is 2.31. The SMILES string of the molecule is Fc1cccc(Cl)c1Cc1nnc(I)s1. The van der Waals surface area contributed by atoms with Crippen molar-refractivity contribution in [1.29, 1.82) is 0 Å². The lowest BCUT2D eigenvalue weighted by molar-refractivity contribution is 0.613. The summed E-state index contributed by atoms with van der Waals surface area (Å²) in [5.74, 6) is -0.298. The molecule has 1 aromatic heterocycles. The first-order chi connectivity index (χ1) is 7.16. The summed E-state index contributed by atoms with van der Waals surface area (Å²) >= 11 is 9.42. The molecular formula is C9H5ClFIN2S. The van der Waals surface area contributed by atoms with Crippen molar-refractivity contribution in [2.24, 2.45) is 0 Å². The molecule has 78 valence electrons.